The summed E-state index contributed by atoms with van der Waals surface area (Å²) >= 11 is 0. The number of ketones is 1. The van der Waals surface area contributed by atoms with Crippen molar-refractivity contribution in [1.29, 1.82) is 0 Å². The second-order valence-electron chi connectivity index (χ2n) is 4.68. The van der Waals surface area contributed by atoms with E-state index in [0.717, 1.165) is 12.1 Å². The molecular weight excluding hydrogens is 278 g/mol. The van der Waals surface area contributed by atoms with E-state index in [9.17, 15) is 18.4 Å². The fraction of sp³-hybridized carbons (Fsp3) is 0.467. The second-order valence-corrected chi connectivity index (χ2v) is 4.68. The third kappa shape index (κ3) is 4.60. The van der Waals surface area contributed by atoms with Crippen molar-refractivity contribution in [2.45, 2.75) is 26.8 Å². The summed E-state index contributed by atoms with van der Waals surface area (Å²) in [6.07, 6.45) is 0. The third-order valence-corrected chi connectivity index (χ3v) is 3.25. The van der Waals surface area contributed by atoms with Gasteiger partial charge in [-0.25, -0.2) is 8.78 Å². The van der Waals surface area contributed by atoms with Gasteiger partial charge in [-0.15, -0.1) is 0 Å². The van der Waals surface area contributed by atoms with Crippen LogP contribution in [0.3, 0.4) is 0 Å². The number of halogens is 2. The molecule has 0 bridgehead atoms. The quantitative estimate of drug-likeness (QED) is 0.783. The molecule has 1 atom stereocenters. The van der Waals surface area contributed by atoms with Gasteiger partial charge >= 0.3 is 0 Å². The average Bonchev–Trinajstić information content (AvgIpc) is 2.43. The fourth-order valence-electron chi connectivity index (χ4n) is 2.04. The number of amides is 1. The van der Waals surface area contributed by atoms with E-state index in [1.54, 1.807) is 18.7 Å². The lowest BCUT2D eigenvalue weighted by Gasteiger charge is -2.26. The summed E-state index contributed by atoms with van der Waals surface area (Å²) in [5, 5.41) is 2.65. The molecule has 4 nitrogen and oxygen atoms in total. The van der Waals surface area contributed by atoms with Crippen LogP contribution < -0.4 is 5.32 Å². The SMILES string of the molecule is CCNC(=O)CN(CC)C(C)C(=O)c1ccc(F)cc1F. The summed E-state index contributed by atoms with van der Waals surface area (Å²) in [5.74, 6) is -2.29. The minimum Gasteiger partial charge on any atom is -0.355 e. The van der Waals surface area contributed by atoms with Crippen LogP contribution in [-0.2, 0) is 4.79 Å². The normalized spacial score (nSPS) is 12.3. The highest BCUT2D eigenvalue weighted by Gasteiger charge is 2.25. The Morgan fingerprint density at radius 2 is 1.95 bits per heavy atom. The Morgan fingerprint density at radius 3 is 2.48 bits per heavy atom. The zero-order chi connectivity index (χ0) is 16.0. The Labute approximate surface area is 123 Å². The number of hydrogen-bond acceptors (Lipinski definition) is 3. The van der Waals surface area contributed by atoms with Gasteiger partial charge in [0.05, 0.1) is 18.2 Å². The van der Waals surface area contributed by atoms with Crippen LogP contribution in [0.2, 0.25) is 0 Å². The summed E-state index contributed by atoms with van der Waals surface area (Å²) in [5.41, 5.74) is -0.168. The molecule has 1 N–H and O–H groups in total. The summed E-state index contributed by atoms with van der Waals surface area (Å²) in [6.45, 7) is 6.24. The fourth-order valence-corrected chi connectivity index (χ4v) is 2.04. The molecule has 1 aromatic rings. The van der Waals surface area contributed by atoms with E-state index in [-0.39, 0.29) is 18.0 Å². The molecule has 0 radical (unpaired) electrons. The molecule has 1 unspecified atom stereocenters. The lowest BCUT2D eigenvalue weighted by Crippen LogP contribution is -2.45. The number of nitrogens with one attached hydrogen (secondary N) is 1. The average molecular weight is 298 g/mol. The molecule has 0 aliphatic rings. The Balaban J connectivity index is 2.86. The molecule has 1 rings (SSSR count). The van der Waals surface area contributed by atoms with Gasteiger partial charge in [0, 0.05) is 12.6 Å². The third-order valence-electron chi connectivity index (χ3n) is 3.25. The molecule has 0 saturated heterocycles. The minimum atomic E-state index is -0.888. The summed E-state index contributed by atoms with van der Waals surface area (Å²) in [4.78, 5) is 25.5. The van der Waals surface area contributed by atoms with Crippen LogP contribution in [0.4, 0.5) is 8.78 Å². The van der Waals surface area contributed by atoms with Crippen LogP contribution in [-0.4, -0.2) is 42.3 Å². The number of rotatable bonds is 7. The van der Waals surface area contributed by atoms with Crippen LogP contribution in [0, 0.1) is 11.6 Å². The number of Topliss-reactive ketones (excluding diaryl/α,β-unsaturated/α-hetero) is 1. The molecule has 0 aliphatic heterocycles. The molecule has 0 saturated carbocycles. The lowest BCUT2D eigenvalue weighted by atomic mass is 10.0. The standard InChI is InChI=1S/C15H20F2N2O2/c1-4-18-14(20)9-19(5-2)10(3)15(21)12-7-6-11(16)8-13(12)17/h6-8,10H,4-5,9H2,1-3H3,(H,18,20). The van der Waals surface area contributed by atoms with Gasteiger partial charge in [-0.2, -0.15) is 0 Å². The van der Waals surface area contributed by atoms with Crippen LogP contribution in [0.1, 0.15) is 31.1 Å². The molecule has 1 aromatic carbocycles. The van der Waals surface area contributed by atoms with Gasteiger partial charge in [-0.3, -0.25) is 14.5 Å². The highest BCUT2D eigenvalue weighted by atomic mass is 19.1. The Morgan fingerprint density at radius 1 is 1.29 bits per heavy atom. The summed E-state index contributed by atoms with van der Waals surface area (Å²) in [6, 6.07) is 2.18. The molecule has 0 aromatic heterocycles. The molecule has 6 heteroatoms. The molecule has 0 heterocycles. The Bertz CT molecular complexity index is 520. The predicted octanol–water partition coefficient (Wildman–Crippen LogP) is 1.99. The molecule has 0 fully saturated rings. The van der Waals surface area contributed by atoms with E-state index in [1.165, 1.54) is 0 Å². The van der Waals surface area contributed by atoms with Gasteiger partial charge in [0.25, 0.3) is 0 Å². The first kappa shape index (κ1) is 17.2. The molecule has 0 aliphatic carbocycles. The van der Waals surface area contributed by atoms with Gasteiger partial charge in [0.15, 0.2) is 5.78 Å². The maximum absolute atomic E-state index is 13.7. The largest absolute Gasteiger partial charge is 0.355 e. The van der Waals surface area contributed by atoms with Crippen molar-refractivity contribution < 1.29 is 18.4 Å². The first-order chi connectivity index (χ1) is 9.90. The number of benzene rings is 1. The van der Waals surface area contributed by atoms with E-state index < -0.39 is 23.5 Å². The van der Waals surface area contributed by atoms with Crippen molar-refractivity contribution in [3.8, 4) is 0 Å². The summed E-state index contributed by atoms with van der Waals surface area (Å²) < 4.78 is 26.5. The Kier molecular flexibility index (Phi) is 6.42. The smallest absolute Gasteiger partial charge is 0.234 e. The monoisotopic (exact) mass is 298 g/mol. The van der Waals surface area contributed by atoms with E-state index in [0.29, 0.717) is 19.2 Å². The van der Waals surface area contributed by atoms with Gasteiger partial charge in [0.1, 0.15) is 11.6 Å². The van der Waals surface area contributed by atoms with Gasteiger partial charge in [0.2, 0.25) is 5.91 Å². The van der Waals surface area contributed by atoms with Crippen molar-refractivity contribution >= 4 is 11.7 Å². The maximum Gasteiger partial charge on any atom is 0.234 e. The Hall–Kier alpha value is -1.82. The molecule has 116 valence electrons. The van der Waals surface area contributed by atoms with Crippen molar-refractivity contribution in [2.24, 2.45) is 0 Å². The minimum absolute atomic E-state index is 0.0556. The van der Waals surface area contributed by atoms with Crippen LogP contribution in [0.5, 0.6) is 0 Å². The molecule has 0 spiro atoms. The highest BCUT2D eigenvalue weighted by molar-refractivity contribution is 6.00. The first-order valence-electron chi connectivity index (χ1n) is 6.90. The zero-order valence-electron chi connectivity index (χ0n) is 12.5. The number of carbonyl (C=O) groups excluding carboxylic acids is 2. The number of hydrogen-bond donors (Lipinski definition) is 1. The second kappa shape index (κ2) is 7.83. The van der Waals surface area contributed by atoms with Crippen LogP contribution in [0.25, 0.3) is 0 Å². The van der Waals surface area contributed by atoms with Crippen molar-refractivity contribution in [2.75, 3.05) is 19.6 Å². The van der Waals surface area contributed by atoms with E-state index in [1.807, 2.05) is 6.92 Å². The lowest BCUT2D eigenvalue weighted by molar-refractivity contribution is -0.122. The van der Waals surface area contributed by atoms with E-state index >= 15 is 0 Å². The number of likely N-dealkylation sites (N-methyl/N-ethyl adjacent to an activating group) is 2. The highest BCUT2D eigenvalue weighted by Crippen LogP contribution is 2.14. The van der Waals surface area contributed by atoms with Crippen molar-refractivity contribution in [3.63, 3.8) is 0 Å². The van der Waals surface area contributed by atoms with Crippen molar-refractivity contribution in [1.82, 2.24) is 10.2 Å². The van der Waals surface area contributed by atoms with Gasteiger partial charge in [-0.1, -0.05) is 6.92 Å². The van der Waals surface area contributed by atoms with E-state index in [4.69, 9.17) is 0 Å². The van der Waals surface area contributed by atoms with E-state index in [2.05, 4.69) is 5.32 Å². The maximum atomic E-state index is 13.7. The zero-order valence-corrected chi connectivity index (χ0v) is 12.5. The summed E-state index contributed by atoms with van der Waals surface area (Å²) in [7, 11) is 0. The predicted molar refractivity (Wildman–Crippen MR) is 76.1 cm³/mol. The topological polar surface area (TPSA) is 49.4 Å². The van der Waals surface area contributed by atoms with Crippen LogP contribution in [0.15, 0.2) is 18.2 Å². The first-order valence-corrected chi connectivity index (χ1v) is 6.90. The van der Waals surface area contributed by atoms with Crippen molar-refractivity contribution in [3.05, 3.63) is 35.4 Å². The van der Waals surface area contributed by atoms with Crippen LogP contribution >= 0.6 is 0 Å². The number of carbonyl (C=O) groups is 2. The molecule has 21 heavy (non-hydrogen) atoms. The van der Waals surface area contributed by atoms with Gasteiger partial charge < -0.3 is 5.32 Å². The number of nitrogens with zero attached hydrogens (tertiary/aromatic N) is 1. The molecular formula is C15H20F2N2O2. The molecule has 1 amide bonds. The van der Waals surface area contributed by atoms with Gasteiger partial charge in [-0.05, 0) is 32.5 Å².